The molecule has 0 aliphatic carbocycles. The molecule has 0 saturated carbocycles. The zero-order valence-electron chi connectivity index (χ0n) is 13.8. The summed E-state index contributed by atoms with van der Waals surface area (Å²) in [5.41, 5.74) is 3.58. The van der Waals surface area contributed by atoms with Gasteiger partial charge in [0.1, 0.15) is 18.1 Å². The minimum atomic E-state index is -0.382. The Morgan fingerprint density at radius 3 is 2.69 bits per heavy atom. The molecule has 0 spiro atoms. The lowest BCUT2D eigenvalue weighted by molar-refractivity contribution is 0.0955. The Kier molecular flexibility index (Phi) is 5.16. The van der Waals surface area contributed by atoms with Crippen molar-refractivity contribution in [3.05, 3.63) is 71.8 Å². The molecule has 128 valence electrons. The van der Waals surface area contributed by atoms with Gasteiger partial charge in [-0.05, 0) is 41.1 Å². The topological polar surface area (TPSA) is 70.9 Å². The van der Waals surface area contributed by atoms with Crippen molar-refractivity contribution in [3.8, 4) is 23.8 Å². The van der Waals surface area contributed by atoms with E-state index in [0.29, 0.717) is 11.3 Å². The normalized spacial score (nSPS) is 10.6. The first-order valence-corrected chi connectivity index (χ1v) is 7.89. The van der Waals surface area contributed by atoms with E-state index in [-0.39, 0.29) is 18.3 Å². The van der Waals surface area contributed by atoms with Crippen molar-refractivity contribution in [2.45, 2.75) is 0 Å². The number of carbonyl (C=O) groups excluding carboxylic acids is 1. The van der Waals surface area contributed by atoms with Gasteiger partial charge >= 0.3 is 0 Å². The molecule has 3 aromatic rings. The second-order valence-corrected chi connectivity index (χ2v) is 5.44. The number of carbonyl (C=O) groups is 1. The molecular weight excluding hydrogens is 328 g/mol. The molecule has 0 atom stereocenters. The summed E-state index contributed by atoms with van der Waals surface area (Å²) in [6.07, 6.45) is 6.80. The number of hydrazone groups is 1. The van der Waals surface area contributed by atoms with Crippen molar-refractivity contribution in [2.75, 3.05) is 6.61 Å². The van der Waals surface area contributed by atoms with Crippen LogP contribution in [0.1, 0.15) is 15.9 Å². The fraction of sp³-hybridized carbons (Fsp3) is 0.0476. The number of nitrogens with zero attached hydrogens (tertiary/aromatic N) is 1. The highest BCUT2D eigenvalue weighted by Crippen LogP contribution is 2.26. The summed E-state index contributed by atoms with van der Waals surface area (Å²) in [6, 6.07) is 17.4. The maximum atomic E-state index is 12.1. The Balaban J connectivity index is 1.86. The Hall–Kier alpha value is -3.78. The fourth-order valence-electron chi connectivity index (χ4n) is 2.49. The third-order valence-corrected chi connectivity index (χ3v) is 3.73. The van der Waals surface area contributed by atoms with E-state index in [1.54, 1.807) is 0 Å². The highest BCUT2D eigenvalue weighted by Gasteiger charge is 2.08. The molecule has 0 unspecified atom stereocenters. The molecule has 0 heterocycles. The highest BCUT2D eigenvalue weighted by atomic mass is 16.5. The second kappa shape index (κ2) is 7.86. The largest absolute Gasteiger partial charge is 0.508 e. The van der Waals surface area contributed by atoms with Crippen LogP contribution in [0.2, 0.25) is 0 Å². The molecule has 3 aromatic carbocycles. The van der Waals surface area contributed by atoms with Crippen LogP contribution in [0.4, 0.5) is 0 Å². The van der Waals surface area contributed by atoms with Gasteiger partial charge in [0.25, 0.3) is 5.91 Å². The third-order valence-electron chi connectivity index (χ3n) is 3.73. The molecule has 0 saturated heterocycles. The number of terminal acetylenes is 1. The predicted octanol–water partition coefficient (Wildman–Crippen LogP) is 3.32. The van der Waals surface area contributed by atoms with Crippen LogP contribution in [0.5, 0.6) is 11.5 Å². The van der Waals surface area contributed by atoms with Crippen LogP contribution < -0.4 is 10.2 Å². The molecule has 5 heteroatoms. The number of benzene rings is 3. The lowest BCUT2D eigenvalue weighted by Crippen LogP contribution is -2.17. The molecule has 0 bridgehead atoms. The van der Waals surface area contributed by atoms with Gasteiger partial charge in [-0.1, -0.05) is 36.3 Å². The molecule has 0 fully saturated rings. The van der Waals surface area contributed by atoms with Gasteiger partial charge in [0, 0.05) is 11.1 Å². The first-order valence-electron chi connectivity index (χ1n) is 7.89. The van der Waals surface area contributed by atoms with Crippen LogP contribution in [0.15, 0.2) is 65.8 Å². The maximum absolute atomic E-state index is 12.1. The van der Waals surface area contributed by atoms with Gasteiger partial charge in [-0.2, -0.15) is 5.10 Å². The van der Waals surface area contributed by atoms with E-state index in [9.17, 15) is 9.90 Å². The smallest absolute Gasteiger partial charge is 0.271 e. The highest BCUT2D eigenvalue weighted by molar-refractivity contribution is 6.03. The summed E-state index contributed by atoms with van der Waals surface area (Å²) < 4.78 is 5.58. The number of aromatic hydroxyl groups is 1. The average Bonchev–Trinajstić information content (AvgIpc) is 2.67. The monoisotopic (exact) mass is 344 g/mol. The molecule has 0 aromatic heterocycles. The van der Waals surface area contributed by atoms with Gasteiger partial charge in [0.05, 0.1) is 6.21 Å². The first kappa shape index (κ1) is 17.1. The number of phenols is 1. The molecule has 0 aliphatic rings. The number of hydrogen-bond acceptors (Lipinski definition) is 4. The van der Waals surface area contributed by atoms with Crippen molar-refractivity contribution in [3.63, 3.8) is 0 Å². The number of hydrogen-bond donors (Lipinski definition) is 2. The molecule has 3 rings (SSSR count). The Morgan fingerprint density at radius 2 is 1.92 bits per heavy atom. The summed E-state index contributed by atoms with van der Waals surface area (Å²) in [7, 11) is 0. The van der Waals surface area contributed by atoms with E-state index in [0.717, 1.165) is 16.3 Å². The number of phenolic OH excluding ortho intramolecular Hbond substituents is 1. The van der Waals surface area contributed by atoms with E-state index in [1.165, 1.54) is 30.5 Å². The fourth-order valence-corrected chi connectivity index (χ4v) is 2.49. The molecule has 0 radical (unpaired) electrons. The van der Waals surface area contributed by atoms with E-state index in [2.05, 4.69) is 16.4 Å². The van der Waals surface area contributed by atoms with Crippen LogP contribution in [0.25, 0.3) is 10.8 Å². The Labute approximate surface area is 150 Å². The number of fused-ring (bicyclic) bond motifs is 1. The molecule has 2 N–H and O–H groups in total. The van der Waals surface area contributed by atoms with Crippen molar-refractivity contribution in [1.29, 1.82) is 0 Å². The lowest BCUT2D eigenvalue weighted by Gasteiger charge is -2.09. The summed E-state index contributed by atoms with van der Waals surface area (Å²) in [5.74, 6) is 2.73. The van der Waals surface area contributed by atoms with Crippen LogP contribution >= 0.6 is 0 Å². The van der Waals surface area contributed by atoms with Gasteiger partial charge < -0.3 is 9.84 Å². The number of nitrogens with one attached hydrogen (secondary N) is 1. The second-order valence-electron chi connectivity index (χ2n) is 5.44. The van der Waals surface area contributed by atoms with Crippen LogP contribution in [0, 0.1) is 12.3 Å². The quantitative estimate of drug-likeness (QED) is 0.424. The summed E-state index contributed by atoms with van der Waals surface area (Å²) >= 11 is 0. The third kappa shape index (κ3) is 3.82. The lowest BCUT2D eigenvalue weighted by atomic mass is 10.0. The predicted molar refractivity (Wildman–Crippen MR) is 101 cm³/mol. The van der Waals surface area contributed by atoms with Gasteiger partial charge in [0.15, 0.2) is 0 Å². The van der Waals surface area contributed by atoms with Gasteiger partial charge in [0.2, 0.25) is 0 Å². The van der Waals surface area contributed by atoms with Crippen LogP contribution in [0.3, 0.4) is 0 Å². The minimum Gasteiger partial charge on any atom is -0.508 e. The van der Waals surface area contributed by atoms with Crippen molar-refractivity contribution in [1.82, 2.24) is 5.43 Å². The summed E-state index contributed by atoms with van der Waals surface area (Å²) in [5, 5.41) is 15.3. The zero-order chi connectivity index (χ0) is 18.4. The standard InChI is InChI=1S/C21H16N2O3/c1-2-13-26-20-12-9-15-5-3-4-6-18(15)19(20)14-22-23-21(25)16-7-10-17(24)11-8-16/h1,3-12,14,24H,13H2,(H,23,25)/b22-14-. The molecule has 1 amide bonds. The minimum absolute atomic E-state index is 0.0936. The SMILES string of the molecule is C#CCOc1ccc2ccccc2c1/C=N\NC(=O)c1ccc(O)cc1. The Morgan fingerprint density at radius 1 is 1.15 bits per heavy atom. The molecule has 5 nitrogen and oxygen atoms in total. The molecule has 0 aliphatic heterocycles. The zero-order valence-corrected chi connectivity index (χ0v) is 13.8. The van der Waals surface area contributed by atoms with E-state index >= 15 is 0 Å². The van der Waals surface area contributed by atoms with Crippen molar-refractivity contribution in [2.24, 2.45) is 5.10 Å². The van der Waals surface area contributed by atoms with E-state index < -0.39 is 0 Å². The number of amides is 1. The van der Waals surface area contributed by atoms with E-state index in [4.69, 9.17) is 11.2 Å². The van der Waals surface area contributed by atoms with Gasteiger partial charge in [-0.25, -0.2) is 5.43 Å². The van der Waals surface area contributed by atoms with Crippen molar-refractivity contribution < 1.29 is 14.6 Å². The Bertz CT molecular complexity index is 1000. The van der Waals surface area contributed by atoms with Crippen molar-refractivity contribution >= 4 is 22.9 Å². The van der Waals surface area contributed by atoms with Gasteiger partial charge in [-0.3, -0.25) is 4.79 Å². The average molecular weight is 344 g/mol. The molecule has 26 heavy (non-hydrogen) atoms. The van der Waals surface area contributed by atoms with Crippen LogP contribution in [-0.2, 0) is 0 Å². The number of ether oxygens (including phenoxy) is 1. The summed E-state index contributed by atoms with van der Waals surface area (Å²) in [6.45, 7) is 0.138. The summed E-state index contributed by atoms with van der Waals surface area (Å²) in [4.78, 5) is 12.1. The first-order chi connectivity index (χ1) is 12.7. The van der Waals surface area contributed by atoms with E-state index in [1.807, 2.05) is 36.4 Å². The van der Waals surface area contributed by atoms with Gasteiger partial charge in [-0.15, -0.1) is 6.42 Å². The van der Waals surface area contributed by atoms with Crippen LogP contribution in [-0.4, -0.2) is 23.8 Å². The molecular formula is C21H16N2O3. The maximum Gasteiger partial charge on any atom is 0.271 e. The number of rotatable bonds is 5.